The third-order valence-electron chi connectivity index (χ3n) is 10.7. The summed E-state index contributed by atoms with van der Waals surface area (Å²) in [6.45, 7) is 9.87. The molecule has 12 heteroatoms. The van der Waals surface area contributed by atoms with E-state index in [9.17, 15) is 34.2 Å². The molecule has 1 saturated heterocycles. The van der Waals surface area contributed by atoms with Gasteiger partial charge < -0.3 is 36.8 Å². The molecule has 2 aromatic carbocycles. The summed E-state index contributed by atoms with van der Waals surface area (Å²) in [6.07, 6.45) is 5.61. The van der Waals surface area contributed by atoms with Crippen LogP contribution in [0.5, 0.6) is 0 Å². The van der Waals surface area contributed by atoms with E-state index in [1.807, 2.05) is 89.2 Å². The van der Waals surface area contributed by atoms with Gasteiger partial charge in [-0.2, -0.15) is 0 Å². The maximum Gasteiger partial charge on any atom is 0.326 e. The van der Waals surface area contributed by atoms with E-state index >= 15 is 0 Å². The zero-order valence-electron chi connectivity index (χ0n) is 31.4. The predicted octanol–water partition coefficient (Wildman–Crippen LogP) is 4.75. The monoisotopic (exact) mass is 729 g/mol. The van der Waals surface area contributed by atoms with Gasteiger partial charge >= 0.3 is 11.9 Å². The third kappa shape index (κ3) is 9.72. The fourth-order valence-electron chi connectivity index (χ4n) is 7.40. The number of fused-ring (bicyclic) bond motifs is 3. The zero-order valence-corrected chi connectivity index (χ0v) is 31.4. The number of carboxylic acids is 2. The highest BCUT2D eigenvalue weighted by Crippen LogP contribution is 2.54. The Morgan fingerprint density at radius 1 is 0.962 bits per heavy atom. The van der Waals surface area contributed by atoms with Crippen LogP contribution in [0.4, 0.5) is 5.69 Å². The Kier molecular flexibility index (Phi) is 14.0. The number of nitrogens with zero attached hydrogens (tertiary/aromatic N) is 1. The van der Waals surface area contributed by atoms with Crippen molar-refractivity contribution >= 4 is 35.3 Å². The van der Waals surface area contributed by atoms with E-state index in [-0.39, 0.29) is 25.3 Å². The second-order valence-corrected chi connectivity index (χ2v) is 14.7. The van der Waals surface area contributed by atoms with Gasteiger partial charge in [0.1, 0.15) is 18.2 Å². The molecule has 2 aliphatic rings. The van der Waals surface area contributed by atoms with Crippen LogP contribution in [-0.4, -0.2) is 75.6 Å². The average Bonchev–Trinajstić information content (AvgIpc) is 3.63. The summed E-state index contributed by atoms with van der Waals surface area (Å²) >= 11 is 0. The number of likely N-dealkylation sites (tertiary alicyclic amines) is 1. The van der Waals surface area contributed by atoms with Gasteiger partial charge in [-0.1, -0.05) is 92.1 Å². The van der Waals surface area contributed by atoms with Crippen LogP contribution in [0.25, 0.3) is 0 Å². The maximum absolute atomic E-state index is 14.9. The molecule has 7 N–H and O–H groups in total. The van der Waals surface area contributed by atoms with Crippen LogP contribution in [-0.2, 0) is 35.8 Å². The molecular weight excluding hydrogens is 674 g/mol. The van der Waals surface area contributed by atoms with Crippen molar-refractivity contribution in [3.05, 3.63) is 89.0 Å². The lowest BCUT2D eigenvalue weighted by Gasteiger charge is -2.36. The fourth-order valence-corrected chi connectivity index (χ4v) is 7.40. The summed E-state index contributed by atoms with van der Waals surface area (Å²) in [5, 5.41) is 28.3. The van der Waals surface area contributed by atoms with Gasteiger partial charge in [0, 0.05) is 25.1 Å². The number of hydrogen-bond acceptors (Lipinski definition) is 7. The van der Waals surface area contributed by atoms with Crippen molar-refractivity contribution in [2.75, 3.05) is 11.9 Å². The molecule has 4 rings (SSSR count). The Labute approximate surface area is 312 Å². The van der Waals surface area contributed by atoms with Gasteiger partial charge in [0.05, 0.1) is 17.4 Å². The molecule has 0 saturated carbocycles. The van der Waals surface area contributed by atoms with E-state index in [2.05, 4.69) is 28.1 Å². The molecule has 7 atom stereocenters. The highest BCUT2D eigenvalue weighted by atomic mass is 16.4. The van der Waals surface area contributed by atoms with Crippen LogP contribution < -0.4 is 21.7 Å². The highest BCUT2D eigenvalue weighted by molar-refractivity contribution is 5.93. The van der Waals surface area contributed by atoms with Crippen molar-refractivity contribution in [2.45, 2.75) is 109 Å². The molecule has 0 bridgehead atoms. The van der Waals surface area contributed by atoms with E-state index < -0.39 is 71.7 Å². The van der Waals surface area contributed by atoms with Crippen molar-refractivity contribution in [1.29, 1.82) is 0 Å². The minimum absolute atomic E-state index is 0.0782. The van der Waals surface area contributed by atoms with Gasteiger partial charge in [0.25, 0.3) is 0 Å². The van der Waals surface area contributed by atoms with Crippen LogP contribution >= 0.6 is 0 Å². The Balaban J connectivity index is 1.81. The molecular formula is C41H55N5O7. The van der Waals surface area contributed by atoms with Gasteiger partial charge in [-0.05, 0) is 69.6 Å². The number of carboxylic acid groups (broad SMARTS) is 2. The van der Waals surface area contributed by atoms with Crippen LogP contribution in [0.2, 0.25) is 0 Å². The molecule has 12 nitrogen and oxygen atoms in total. The van der Waals surface area contributed by atoms with Gasteiger partial charge in [0.2, 0.25) is 17.7 Å². The van der Waals surface area contributed by atoms with Crippen LogP contribution in [0.1, 0.15) is 84.3 Å². The summed E-state index contributed by atoms with van der Waals surface area (Å²) in [5.41, 5.74) is 9.99. The minimum atomic E-state index is -1.45. The number of amides is 3. The minimum Gasteiger partial charge on any atom is -0.481 e. The first-order chi connectivity index (χ1) is 25.2. The summed E-state index contributed by atoms with van der Waals surface area (Å²) in [5.74, 6) is -5.05. The first-order valence-electron chi connectivity index (χ1n) is 18.5. The lowest BCUT2D eigenvalue weighted by molar-refractivity contribution is -0.144. The average molecular weight is 730 g/mol. The van der Waals surface area contributed by atoms with E-state index in [0.717, 1.165) is 35.2 Å². The van der Waals surface area contributed by atoms with Crippen molar-refractivity contribution in [1.82, 2.24) is 15.5 Å². The number of carbonyl (C=O) groups excluding carboxylic acids is 3. The van der Waals surface area contributed by atoms with E-state index in [1.165, 1.54) is 5.57 Å². The van der Waals surface area contributed by atoms with E-state index in [4.69, 9.17) is 5.73 Å². The molecule has 0 aliphatic carbocycles. The molecule has 0 radical (unpaired) electrons. The standard InChI is InChI=1S/C41H55N5O7/c1-6-27(5)35(42)37(50)44-33(23-28-15-8-7-9-16-28)38(51)46-24-30(36(49)43-32(39(52)53)19-20-34(47)48)41(22-21-26(4)14-12-13-25(2)3)29-17-10-11-18-31(29)45-40(41)46/h7-11,13,15-18,21,27,30,32-33,35,40,45H,6,12,14,19-20,22-24,42H2,1-5H3,(H,43,49)(H,44,50)(H,47,48)(H,52,53)/b26-21-/t27-,30+,32-,33-,35-,40+,41-/m0/s1. The van der Waals surface area contributed by atoms with Crippen molar-refractivity contribution in [2.24, 2.45) is 17.6 Å². The van der Waals surface area contributed by atoms with Gasteiger partial charge in [-0.25, -0.2) is 4.79 Å². The first kappa shape index (κ1) is 40.8. The Bertz CT molecular complexity index is 1700. The predicted molar refractivity (Wildman–Crippen MR) is 204 cm³/mol. The summed E-state index contributed by atoms with van der Waals surface area (Å²) in [6, 6.07) is 13.6. The second kappa shape index (κ2) is 18.2. The normalized spacial score (nSPS) is 21.2. The maximum atomic E-state index is 14.9. The second-order valence-electron chi connectivity index (χ2n) is 14.7. The molecule has 53 heavy (non-hydrogen) atoms. The topological polar surface area (TPSA) is 191 Å². The lowest BCUT2D eigenvalue weighted by atomic mass is 9.69. The highest BCUT2D eigenvalue weighted by Gasteiger charge is 2.63. The molecule has 0 unspecified atom stereocenters. The molecule has 2 heterocycles. The smallest absolute Gasteiger partial charge is 0.326 e. The van der Waals surface area contributed by atoms with Gasteiger partial charge in [-0.15, -0.1) is 0 Å². The molecule has 2 aromatic rings. The number of benzene rings is 2. The largest absolute Gasteiger partial charge is 0.481 e. The van der Waals surface area contributed by atoms with Crippen molar-refractivity contribution in [3.8, 4) is 0 Å². The SMILES string of the molecule is CC[C@H](C)[C@H](N)C(=O)N[C@@H](Cc1ccccc1)C(=O)N1C[C@H](C(=O)N[C@@H](CCC(=O)O)C(=O)O)[C@]2(C/C=C(/C)CCC=C(C)C)c3ccccc3N[C@H]12. The summed E-state index contributed by atoms with van der Waals surface area (Å²) < 4.78 is 0. The van der Waals surface area contributed by atoms with Gasteiger partial charge in [-0.3, -0.25) is 19.2 Å². The fraction of sp³-hybridized carbons (Fsp3) is 0.488. The van der Waals surface area contributed by atoms with E-state index in [0.29, 0.717) is 12.8 Å². The molecule has 0 spiro atoms. The third-order valence-corrected chi connectivity index (χ3v) is 10.7. The van der Waals surface area contributed by atoms with Gasteiger partial charge in [0.15, 0.2) is 0 Å². The Morgan fingerprint density at radius 2 is 1.64 bits per heavy atom. The van der Waals surface area contributed by atoms with Crippen molar-refractivity contribution in [3.63, 3.8) is 0 Å². The number of allylic oxidation sites excluding steroid dienone is 4. The van der Waals surface area contributed by atoms with Crippen LogP contribution in [0.15, 0.2) is 77.9 Å². The molecule has 1 fully saturated rings. The summed E-state index contributed by atoms with van der Waals surface area (Å²) in [7, 11) is 0. The van der Waals surface area contributed by atoms with Crippen LogP contribution in [0, 0.1) is 11.8 Å². The van der Waals surface area contributed by atoms with E-state index in [1.54, 1.807) is 4.90 Å². The molecule has 286 valence electrons. The number of nitrogens with one attached hydrogen (secondary N) is 3. The Morgan fingerprint density at radius 3 is 2.28 bits per heavy atom. The number of para-hydroxylation sites is 1. The number of hydrogen-bond donors (Lipinski definition) is 6. The molecule has 2 aliphatic heterocycles. The number of aliphatic carboxylic acids is 2. The number of anilines is 1. The number of nitrogens with two attached hydrogens (primary N) is 1. The molecule has 3 amide bonds. The summed E-state index contributed by atoms with van der Waals surface area (Å²) in [4.78, 5) is 68.1. The number of rotatable bonds is 18. The zero-order chi connectivity index (χ0) is 38.9. The lowest BCUT2D eigenvalue weighted by Crippen LogP contribution is -2.57. The molecule has 0 aromatic heterocycles. The first-order valence-corrected chi connectivity index (χ1v) is 18.5. The van der Waals surface area contributed by atoms with Crippen molar-refractivity contribution < 1.29 is 34.2 Å². The Hall–Kier alpha value is -4.97. The quantitative estimate of drug-likeness (QED) is 0.118. The number of carbonyl (C=O) groups is 5. The van der Waals surface area contributed by atoms with Crippen LogP contribution in [0.3, 0.4) is 0 Å².